The van der Waals surface area contributed by atoms with Crippen molar-refractivity contribution in [1.82, 2.24) is 9.38 Å². The first-order chi connectivity index (χ1) is 10.5. The Morgan fingerprint density at radius 2 is 2.18 bits per heavy atom. The van der Waals surface area contributed by atoms with Gasteiger partial charge in [-0.2, -0.15) is 0 Å². The van der Waals surface area contributed by atoms with E-state index in [1.165, 1.54) is 4.88 Å². The Morgan fingerprint density at radius 3 is 3.00 bits per heavy atom. The molecule has 0 bridgehead atoms. The molecular weight excluding hydrogens is 318 g/mol. The predicted molar refractivity (Wildman–Crippen MR) is 90.5 cm³/mol. The molecule has 22 heavy (non-hydrogen) atoms. The minimum atomic E-state index is -0.112. The standard InChI is InChI=1S/C16H12ClN3OS/c1-8-7-20-14(9(2)18-16(20)22-8)6-12-11-4-3-10(17)5-13(11)19-15(12)21/h3-7H,1-2H3,(H,19,21)/b12-6-. The number of thiazole rings is 1. The zero-order chi connectivity index (χ0) is 15.4. The Morgan fingerprint density at radius 1 is 1.36 bits per heavy atom. The monoisotopic (exact) mass is 329 g/mol. The third kappa shape index (κ3) is 1.97. The Balaban J connectivity index is 1.92. The summed E-state index contributed by atoms with van der Waals surface area (Å²) < 4.78 is 2.03. The molecule has 3 heterocycles. The van der Waals surface area contributed by atoms with Gasteiger partial charge in [0.15, 0.2) is 4.96 Å². The van der Waals surface area contributed by atoms with E-state index in [0.717, 1.165) is 27.6 Å². The van der Waals surface area contributed by atoms with E-state index in [-0.39, 0.29) is 5.91 Å². The van der Waals surface area contributed by atoms with Crippen molar-refractivity contribution in [2.75, 3.05) is 5.32 Å². The van der Waals surface area contributed by atoms with Gasteiger partial charge in [-0.1, -0.05) is 17.7 Å². The van der Waals surface area contributed by atoms with Crippen molar-refractivity contribution in [1.29, 1.82) is 0 Å². The summed E-state index contributed by atoms with van der Waals surface area (Å²) in [7, 11) is 0. The molecule has 3 aromatic rings. The van der Waals surface area contributed by atoms with Crippen LogP contribution in [0.5, 0.6) is 0 Å². The fraction of sp³-hybridized carbons (Fsp3) is 0.125. The third-order valence-electron chi connectivity index (χ3n) is 3.71. The van der Waals surface area contributed by atoms with E-state index in [0.29, 0.717) is 10.6 Å². The van der Waals surface area contributed by atoms with Gasteiger partial charge in [-0.3, -0.25) is 9.20 Å². The normalized spacial score (nSPS) is 15.6. The lowest BCUT2D eigenvalue weighted by molar-refractivity contribution is -0.110. The number of benzene rings is 1. The lowest BCUT2D eigenvalue weighted by Crippen LogP contribution is -2.04. The molecule has 1 aliphatic rings. The van der Waals surface area contributed by atoms with E-state index in [1.54, 1.807) is 23.5 Å². The highest BCUT2D eigenvalue weighted by Crippen LogP contribution is 2.35. The van der Waals surface area contributed by atoms with Crippen LogP contribution in [0.3, 0.4) is 0 Å². The molecule has 0 fully saturated rings. The summed E-state index contributed by atoms with van der Waals surface area (Å²) in [5.41, 5.74) is 4.11. The van der Waals surface area contributed by atoms with Gasteiger partial charge in [-0.05, 0) is 32.1 Å². The first-order valence-electron chi connectivity index (χ1n) is 6.81. The summed E-state index contributed by atoms with van der Waals surface area (Å²) >= 11 is 7.62. The molecule has 1 N–H and O–H groups in total. The summed E-state index contributed by atoms with van der Waals surface area (Å²) in [4.78, 5) is 19.0. The highest BCUT2D eigenvalue weighted by molar-refractivity contribution is 7.17. The van der Waals surface area contributed by atoms with Gasteiger partial charge in [0, 0.05) is 21.7 Å². The second-order valence-corrected chi connectivity index (χ2v) is 6.93. The maximum Gasteiger partial charge on any atom is 0.256 e. The smallest absolute Gasteiger partial charge is 0.256 e. The number of carbonyl (C=O) groups is 1. The van der Waals surface area contributed by atoms with Crippen molar-refractivity contribution in [3.8, 4) is 0 Å². The van der Waals surface area contributed by atoms with Gasteiger partial charge in [0.25, 0.3) is 5.91 Å². The Hall–Kier alpha value is -2.11. The van der Waals surface area contributed by atoms with E-state index in [4.69, 9.17) is 11.6 Å². The highest BCUT2D eigenvalue weighted by atomic mass is 35.5. The summed E-state index contributed by atoms with van der Waals surface area (Å²) in [6.45, 7) is 4.00. The molecule has 1 amide bonds. The average molecular weight is 330 g/mol. The minimum Gasteiger partial charge on any atom is -0.321 e. The summed E-state index contributed by atoms with van der Waals surface area (Å²) in [6.07, 6.45) is 3.94. The third-order valence-corrected chi connectivity index (χ3v) is 4.84. The van der Waals surface area contributed by atoms with Crippen molar-refractivity contribution >= 4 is 51.1 Å². The van der Waals surface area contributed by atoms with Gasteiger partial charge in [0.2, 0.25) is 0 Å². The van der Waals surface area contributed by atoms with Gasteiger partial charge in [-0.15, -0.1) is 11.3 Å². The highest BCUT2D eigenvalue weighted by Gasteiger charge is 2.25. The fourth-order valence-corrected chi connectivity index (χ4v) is 3.75. The van der Waals surface area contributed by atoms with Gasteiger partial charge in [0.1, 0.15) is 0 Å². The van der Waals surface area contributed by atoms with Crippen molar-refractivity contribution in [3.05, 3.63) is 51.2 Å². The number of rotatable bonds is 1. The zero-order valence-corrected chi connectivity index (χ0v) is 13.5. The number of hydrogen-bond acceptors (Lipinski definition) is 3. The number of halogens is 1. The van der Waals surface area contributed by atoms with Crippen molar-refractivity contribution in [2.45, 2.75) is 13.8 Å². The van der Waals surface area contributed by atoms with Gasteiger partial charge in [-0.25, -0.2) is 4.98 Å². The lowest BCUT2D eigenvalue weighted by Gasteiger charge is -1.99. The molecule has 4 nitrogen and oxygen atoms in total. The molecule has 0 spiro atoms. The molecular formula is C16H12ClN3OS. The number of fused-ring (bicyclic) bond motifs is 2. The molecule has 0 saturated carbocycles. The molecule has 0 atom stereocenters. The fourth-order valence-electron chi connectivity index (χ4n) is 2.70. The number of anilines is 1. The van der Waals surface area contributed by atoms with Crippen LogP contribution in [0.25, 0.3) is 16.6 Å². The first-order valence-corrected chi connectivity index (χ1v) is 8.00. The first kappa shape index (κ1) is 13.5. The largest absolute Gasteiger partial charge is 0.321 e. The number of aromatic nitrogens is 2. The van der Waals surface area contributed by atoms with Crippen LogP contribution in [0, 0.1) is 13.8 Å². The van der Waals surface area contributed by atoms with Crippen LogP contribution >= 0.6 is 22.9 Å². The topological polar surface area (TPSA) is 46.4 Å². The van der Waals surface area contributed by atoms with Gasteiger partial charge >= 0.3 is 0 Å². The van der Waals surface area contributed by atoms with Crippen LogP contribution in [0.15, 0.2) is 24.4 Å². The van der Waals surface area contributed by atoms with E-state index < -0.39 is 0 Å². The van der Waals surface area contributed by atoms with Crippen molar-refractivity contribution < 1.29 is 4.79 Å². The number of amides is 1. The number of nitrogens with zero attached hydrogens (tertiary/aromatic N) is 2. The van der Waals surface area contributed by atoms with E-state index >= 15 is 0 Å². The molecule has 110 valence electrons. The summed E-state index contributed by atoms with van der Waals surface area (Å²) in [5, 5.41) is 3.46. The van der Waals surface area contributed by atoms with Crippen LogP contribution in [-0.2, 0) is 4.79 Å². The number of aryl methyl sites for hydroxylation is 2. The number of hydrogen-bond donors (Lipinski definition) is 1. The number of imidazole rings is 1. The molecule has 0 unspecified atom stereocenters. The molecule has 1 aliphatic heterocycles. The van der Waals surface area contributed by atoms with Gasteiger partial charge in [0.05, 0.1) is 22.6 Å². The molecule has 2 aromatic heterocycles. The average Bonchev–Trinajstić information content (AvgIpc) is 3.03. The number of nitrogens with one attached hydrogen (secondary N) is 1. The van der Waals surface area contributed by atoms with E-state index in [1.807, 2.05) is 36.6 Å². The SMILES string of the molecule is Cc1cn2c(/C=C3\C(=O)Nc4cc(Cl)ccc43)c(C)nc2s1. The molecule has 0 radical (unpaired) electrons. The maximum atomic E-state index is 12.3. The molecule has 1 aromatic carbocycles. The zero-order valence-electron chi connectivity index (χ0n) is 12.0. The van der Waals surface area contributed by atoms with Crippen LogP contribution in [-0.4, -0.2) is 15.3 Å². The quantitative estimate of drug-likeness (QED) is 0.681. The molecule has 0 saturated heterocycles. The minimum absolute atomic E-state index is 0.112. The Labute approximate surface area is 136 Å². The van der Waals surface area contributed by atoms with Crippen LogP contribution in [0.4, 0.5) is 5.69 Å². The second-order valence-electron chi connectivity index (χ2n) is 5.28. The maximum absolute atomic E-state index is 12.3. The summed E-state index contributed by atoms with van der Waals surface area (Å²) in [6, 6.07) is 5.43. The summed E-state index contributed by atoms with van der Waals surface area (Å²) in [5.74, 6) is -0.112. The van der Waals surface area contributed by atoms with E-state index in [2.05, 4.69) is 10.3 Å². The predicted octanol–water partition coefficient (Wildman–Crippen LogP) is 4.16. The Bertz CT molecular complexity index is 967. The molecule has 4 rings (SSSR count). The molecule has 6 heteroatoms. The van der Waals surface area contributed by atoms with Crippen molar-refractivity contribution in [3.63, 3.8) is 0 Å². The van der Waals surface area contributed by atoms with Crippen molar-refractivity contribution in [2.24, 2.45) is 0 Å². The number of carbonyl (C=O) groups excluding carboxylic acids is 1. The second kappa shape index (κ2) is 4.69. The Kier molecular flexibility index (Phi) is 2.89. The lowest BCUT2D eigenvalue weighted by atomic mass is 10.1. The van der Waals surface area contributed by atoms with Crippen LogP contribution in [0.1, 0.15) is 21.8 Å². The van der Waals surface area contributed by atoms with E-state index in [9.17, 15) is 4.79 Å². The van der Waals surface area contributed by atoms with Gasteiger partial charge < -0.3 is 5.32 Å². The van der Waals surface area contributed by atoms with Crippen LogP contribution in [0.2, 0.25) is 5.02 Å². The van der Waals surface area contributed by atoms with Crippen LogP contribution < -0.4 is 5.32 Å². The molecule has 0 aliphatic carbocycles.